The average molecular weight is 144 g/mol. The SMILES string of the molecule is C=CC(=C)C.CC(C)=O.O. The van der Waals surface area contributed by atoms with Crippen molar-refractivity contribution in [3.63, 3.8) is 0 Å². The number of carbonyl (C=O) groups is 1. The lowest BCUT2D eigenvalue weighted by molar-refractivity contribution is -0.114. The maximum atomic E-state index is 9.44. The molecule has 0 radical (unpaired) electrons. The highest BCUT2D eigenvalue weighted by Crippen LogP contribution is 1.81. The summed E-state index contributed by atoms with van der Waals surface area (Å²) in [5, 5.41) is 0. The number of hydrogen-bond donors (Lipinski definition) is 0. The van der Waals surface area contributed by atoms with E-state index in [1.807, 2.05) is 6.92 Å². The van der Waals surface area contributed by atoms with Gasteiger partial charge in [0.2, 0.25) is 0 Å². The Bertz CT molecular complexity index is 110. The van der Waals surface area contributed by atoms with Crippen LogP contribution in [0.4, 0.5) is 0 Å². The van der Waals surface area contributed by atoms with Gasteiger partial charge in [-0.15, -0.1) is 0 Å². The Balaban J connectivity index is -0.0000000910. The Hall–Kier alpha value is -0.890. The molecule has 0 heterocycles. The van der Waals surface area contributed by atoms with Crippen molar-refractivity contribution in [2.24, 2.45) is 0 Å². The van der Waals surface area contributed by atoms with Crippen LogP contribution in [0, 0.1) is 0 Å². The summed E-state index contributed by atoms with van der Waals surface area (Å²) in [6.07, 6.45) is 1.72. The second-order valence-electron chi connectivity index (χ2n) is 1.96. The third-order valence-corrected chi connectivity index (χ3v) is 0.348. The van der Waals surface area contributed by atoms with Crippen LogP contribution in [-0.4, -0.2) is 11.3 Å². The molecule has 0 aliphatic carbocycles. The van der Waals surface area contributed by atoms with Gasteiger partial charge in [-0.05, 0) is 20.8 Å². The lowest BCUT2D eigenvalue weighted by atomic mass is 10.4. The lowest BCUT2D eigenvalue weighted by Crippen LogP contribution is -1.69. The minimum absolute atomic E-state index is 0. The predicted molar refractivity (Wildman–Crippen MR) is 45.0 cm³/mol. The van der Waals surface area contributed by atoms with E-state index in [0.717, 1.165) is 5.57 Å². The largest absolute Gasteiger partial charge is 0.412 e. The van der Waals surface area contributed by atoms with Crippen LogP contribution in [0.5, 0.6) is 0 Å². The van der Waals surface area contributed by atoms with Crippen LogP contribution in [0.1, 0.15) is 20.8 Å². The van der Waals surface area contributed by atoms with Crippen LogP contribution in [0.3, 0.4) is 0 Å². The molecule has 0 saturated carbocycles. The Morgan fingerprint density at radius 1 is 1.30 bits per heavy atom. The fraction of sp³-hybridized carbons (Fsp3) is 0.375. The first-order valence-electron chi connectivity index (χ1n) is 2.75. The maximum Gasteiger partial charge on any atom is 0.126 e. The molecule has 0 aliphatic rings. The van der Waals surface area contributed by atoms with Gasteiger partial charge >= 0.3 is 0 Å². The summed E-state index contributed by atoms with van der Waals surface area (Å²) >= 11 is 0. The Morgan fingerprint density at radius 3 is 1.40 bits per heavy atom. The van der Waals surface area contributed by atoms with E-state index in [1.54, 1.807) is 6.08 Å². The van der Waals surface area contributed by atoms with Gasteiger partial charge in [0, 0.05) is 0 Å². The van der Waals surface area contributed by atoms with Crippen LogP contribution >= 0.6 is 0 Å². The molecule has 0 aromatic heterocycles. The predicted octanol–water partition coefficient (Wildman–Crippen LogP) is 1.52. The molecule has 0 bridgehead atoms. The van der Waals surface area contributed by atoms with Crippen LogP contribution in [-0.2, 0) is 4.79 Å². The Kier molecular flexibility index (Phi) is 17.6. The van der Waals surface area contributed by atoms with Gasteiger partial charge in [0.25, 0.3) is 0 Å². The topological polar surface area (TPSA) is 48.6 Å². The summed E-state index contributed by atoms with van der Waals surface area (Å²) < 4.78 is 0. The van der Waals surface area contributed by atoms with Crippen LogP contribution in [0.2, 0.25) is 0 Å². The van der Waals surface area contributed by atoms with Gasteiger partial charge in [0.05, 0.1) is 0 Å². The zero-order chi connectivity index (χ0) is 7.86. The minimum Gasteiger partial charge on any atom is -0.412 e. The van der Waals surface area contributed by atoms with Gasteiger partial charge in [-0.25, -0.2) is 0 Å². The van der Waals surface area contributed by atoms with Gasteiger partial charge in [0.1, 0.15) is 5.78 Å². The summed E-state index contributed by atoms with van der Waals surface area (Å²) in [4.78, 5) is 9.44. The van der Waals surface area contributed by atoms with E-state index in [9.17, 15) is 4.79 Å². The molecule has 0 rings (SSSR count). The Morgan fingerprint density at radius 2 is 1.40 bits per heavy atom. The molecule has 0 unspecified atom stereocenters. The van der Waals surface area contributed by atoms with E-state index < -0.39 is 0 Å². The third kappa shape index (κ3) is 215. The molecule has 10 heavy (non-hydrogen) atoms. The number of Topliss-reactive ketones (excluding diaryl/α,β-unsaturated/α-hetero) is 1. The second kappa shape index (κ2) is 11.0. The van der Waals surface area contributed by atoms with E-state index in [1.165, 1.54) is 13.8 Å². The molecule has 0 aromatic rings. The smallest absolute Gasteiger partial charge is 0.126 e. The standard InChI is InChI=1S/C5H8.C3H6O.H2O/c1-4-5(2)3;1-3(2)4;/h4H,1-2H2,3H3;1-2H3;1H2. The molecule has 0 spiro atoms. The Labute approximate surface area is 62.6 Å². The van der Waals surface area contributed by atoms with E-state index in [2.05, 4.69) is 13.2 Å². The van der Waals surface area contributed by atoms with Gasteiger partial charge in [-0.3, -0.25) is 0 Å². The van der Waals surface area contributed by atoms with Crippen molar-refractivity contribution in [2.75, 3.05) is 0 Å². The molecule has 60 valence electrons. The van der Waals surface area contributed by atoms with E-state index in [0.29, 0.717) is 0 Å². The van der Waals surface area contributed by atoms with Gasteiger partial charge in [0.15, 0.2) is 0 Å². The highest BCUT2D eigenvalue weighted by atomic mass is 16.1. The lowest BCUT2D eigenvalue weighted by Gasteiger charge is -1.71. The van der Waals surface area contributed by atoms with Crippen LogP contribution < -0.4 is 0 Å². The first-order valence-corrected chi connectivity index (χ1v) is 2.75. The van der Waals surface area contributed by atoms with E-state index >= 15 is 0 Å². The van der Waals surface area contributed by atoms with Crippen LogP contribution in [0.15, 0.2) is 24.8 Å². The zero-order valence-corrected chi connectivity index (χ0v) is 6.90. The maximum absolute atomic E-state index is 9.44. The van der Waals surface area contributed by atoms with Crippen molar-refractivity contribution in [2.45, 2.75) is 20.8 Å². The van der Waals surface area contributed by atoms with Gasteiger partial charge < -0.3 is 10.3 Å². The quantitative estimate of drug-likeness (QED) is 0.515. The fourth-order valence-corrected chi connectivity index (χ4v) is 0. The van der Waals surface area contributed by atoms with Crippen molar-refractivity contribution >= 4 is 5.78 Å². The van der Waals surface area contributed by atoms with Crippen molar-refractivity contribution in [3.8, 4) is 0 Å². The molecule has 0 atom stereocenters. The van der Waals surface area contributed by atoms with Crippen molar-refractivity contribution in [1.29, 1.82) is 0 Å². The number of rotatable bonds is 1. The number of ketones is 1. The van der Waals surface area contributed by atoms with Crippen molar-refractivity contribution < 1.29 is 10.3 Å². The second-order valence-corrected chi connectivity index (χ2v) is 1.96. The van der Waals surface area contributed by atoms with Gasteiger partial charge in [-0.1, -0.05) is 24.8 Å². The van der Waals surface area contributed by atoms with Crippen molar-refractivity contribution in [3.05, 3.63) is 24.8 Å². The molecule has 0 aromatic carbocycles. The van der Waals surface area contributed by atoms with Gasteiger partial charge in [-0.2, -0.15) is 0 Å². The average Bonchev–Trinajstić information content (AvgIpc) is 1.65. The molecule has 0 saturated heterocycles. The summed E-state index contributed by atoms with van der Waals surface area (Å²) in [7, 11) is 0. The molecule has 0 amide bonds. The minimum atomic E-state index is 0. The van der Waals surface area contributed by atoms with Crippen molar-refractivity contribution in [1.82, 2.24) is 0 Å². The van der Waals surface area contributed by atoms with Crippen LogP contribution in [0.25, 0.3) is 0 Å². The first kappa shape index (κ1) is 16.1. The third-order valence-electron chi connectivity index (χ3n) is 0.348. The summed E-state index contributed by atoms with van der Waals surface area (Å²) in [5.74, 6) is 0.167. The summed E-state index contributed by atoms with van der Waals surface area (Å²) in [6, 6.07) is 0. The number of carbonyl (C=O) groups excluding carboxylic acids is 1. The highest BCUT2D eigenvalue weighted by Gasteiger charge is 1.62. The zero-order valence-electron chi connectivity index (χ0n) is 6.90. The fourth-order valence-electron chi connectivity index (χ4n) is 0. The molecule has 0 fully saturated rings. The molecule has 2 N–H and O–H groups in total. The summed E-state index contributed by atoms with van der Waals surface area (Å²) in [6.45, 7) is 12.0. The number of allylic oxidation sites excluding steroid dienone is 2. The first-order chi connectivity index (χ1) is 4.00. The molecule has 2 nitrogen and oxygen atoms in total. The number of hydrogen-bond acceptors (Lipinski definition) is 1. The molecular formula is C8H16O2. The highest BCUT2D eigenvalue weighted by molar-refractivity contribution is 5.72. The van der Waals surface area contributed by atoms with E-state index in [4.69, 9.17) is 0 Å². The summed E-state index contributed by atoms with van der Waals surface area (Å²) in [5.41, 5.74) is 1.02. The van der Waals surface area contributed by atoms with E-state index in [-0.39, 0.29) is 11.3 Å². The molecule has 0 aliphatic heterocycles. The molecule has 2 heteroatoms. The molecular weight excluding hydrogens is 128 g/mol. The monoisotopic (exact) mass is 144 g/mol. The normalized spacial score (nSPS) is 5.90.